The number of likely N-dealkylation sites (N-methyl/N-ethyl adjacent to an activating group) is 1. The Hall–Kier alpha value is -4.66. The third kappa shape index (κ3) is 7.34. The van der Waals surface area contributed by atoms with E-state index in [0.29, 0.717) is 35.2 Å². The minimum absolute atomic E-state index is 0.0411. The van der Waals surface area contributed by atoms with E-state index in [4.69, 9.17) is 9.15 Å². The highest BCUT2D eigenvalue weighted by Crippen LogP contribution is 2.22. The highest BCUT2D eigenvalue weighted by molar-refractivity contribution is 5.86. The van der Waals surface area contributed by atoms with E-state index in [2.05, 4.69) is 15.6 Å². The lowest BCUT2D eigenvalue weighted by atomic mass is 9.95. The lowest BCUT2D eigenvalue weighted by molar-refractivity contribution is -0.131. The number of aromatic nitrogens is 1. The molecule has 0 aliphatic carbocycles. The molecule has 1 aromatic heterocycles. The van der Waals surface area contributed by atoms with Gasteiger partial charge in [-0.05, 0) is 47.4 Å². The van der Waals surface area contributed by atoms with Crippen LogP contribution in [0.15, 0.2) is 75.9 Å². The van der Waals surface area contributed by atoms with Crippen LogP contribution in [0.3, 0.4) is 0 Å². The van der Waals surface area contributed by atoms with Crippen molar-refractivity contribution in [2.75, 3.05) is 19.5 Å². The van der Waals surface area contributed by atoms with Crippen LogP contribution in [-0.2, 0) is 29.1 Å². The van der Waals surface area contributed by atoms with Gasteiger partial charge in [0.1, 0.15) is 11.8 Å². The number of anilines is 1. The maximum atomic E-state index is 13.7. The number of methoxy groups -OCH3 is 1. The zero-order valence-electron chi connectivity index (χ0n) is 25.0. The first kappa shape index (κ1) is 30.3. The third-order valence-corrected chi connectivity index (χ3v) is 7.12. The van der Waals surface area contributed by atoms with Gasteiger partial charge in [-0.1, -0.05) is 69.3 Å². The molecule has 9 nitrogen and oxygen atoms in total. The fourth-order valence-corrected chi connectivity index (χ4v) is 4.60. The summed E-state index contributed by atoms with van der Waals surface area (Å²) < 4.78 is 10.9. The van der Waals surface area contributed by atoms with Crippen molar-refractivity contribution < 1.29 is 18.7 Å². The van der Waals surface area contributed by atoms with Gasteiger partial charge in [-0.2, -0.15) is 4.98 Å². The van der Waals surface area contributed by atoms with Gasteiger partial charge in [-0.15, -0.1) is 0 Å². The highest BCUT2D eigenvalue weighted by atomic mass is 16.5. The van der Waals surface area contributed by atoms with Gasteiger partial charge in [0, 0.05) is 32.0 Å². The van der Waals surface area contributed by atoms with Gasteiger partial charge in [0.15, 0.2) is 0 Å². The van der Waals surface area contributed by atoms with Crippen molar-refractivity contribution in [1.29, 1.82) is 0 Å². The summed E-state index contributed by atoms with van der Waals surface area (Å²) in [5, 5.41) is 6.34. The van der Waals surface area contributed by atoms with Crippen LogP contribution in [0.1, 0.15) is 43.0 Å². The van der Waals surface area contributed by atoms with Gasteiger partial charge in [0.25, 0.3) is 6.01 Å². The molecule has 4 rings (SSSR count). The van der Waals surface area contributed by atoms with Crippen LogP contribution < -0.4 is 21.0 Å². The molecule has 42 heavy (non-hydrogen) atoms. The number of carbonyl (C=O) groups is 2. The molecule has 2 N–H and O–H groups in total. The van der Waals surface area contributed by atoms with Crippen molar-refractivity contribution in [2.45, 2.75) is 53.2 Å². The first-order valence-electron chi connectivity index (χ1n) is 13.9. The lowest BCUT2D eigenvalue weighted by Crippen LogP contribution is -2.42. The average molecular weight is 571 g/mol. The molecule has 3 aromatic carbocycles. The zero-order valence-corrected chi connectivity index (χ0v) is 25.0. The van der Waals surface area contributed by atoms with Gasteiger partial charge in [0.05, 0.1) is 18.0 Å². The highest BCUT2D eigenvalue weighted by Gasteiger charge is 2.25. The van der Waals surface area contributed by atoms with Crippen molar-refractivity contribution in [3.63, 3.8) is 0 Å². The maximum absolute atomic E-state index is 13.7. The normalized spacial score (nSPS) is 12.0. The third-order valence-electron chi connectivity index (χ3n) is 7.12. The van der Waals surface area contributed by atoms with Crippen LogP contribution in [0, 0.1) is 12.3 Å². The van der Waals surface area contributed by atoms with Crippen LogP contribution >= 0.6 is 0 Å². The minimum Gasteiger partial charge on any atom is -0.497 e. The molecular formula is C33H38N4O5. The molecule has 0 unspecified atom stereocenters. The number of carbonyl (C=O) groups excluding carboxylic acids is 2. The number of hydrogen-bond acceptors (Lipinski definition) is 7. The number of fused-ring (bicyclic) bond motifs is 1. The topological polar surface area (TPSA) is 114 Å². The molecule has 2 amide bonds. The minimum atomic E-state index is -0.756. The number of rotatable bonds is 10. The zero-order chi connectivity index (χ0) is 30.4. The number of ether oxygens (including phenoxy) is 1. The average Bonchev–Trinajstić information content (AvgIpc) is 2.96. The van der Waals surface area contributed by atoms with Crippen molar-refractivity contribution in [3.05, 3.63) is 99.4 Å². The lowest BCUT2D eigenvalue weighted by Gasteiger charge is -2.25. The summed E-state index contributed by atoms with van der Waals surface area (Å²) in [6.45, 7) is 8.03. The van der Waals surface area contributed by atoms with Crippen molar-refractivity contribution in [1.82, 2.24) is 15.2 Å². The van der Waals surface area contributed by atoms with Crippen LogP contribution in [0.25, 0.3) is 10.9 Å². The van der Waals surface area contributed by atoms with E-state index < -0.39 is 17.1 Å². The van der Waals surface area contributed by atoms with Crippen molar-refractivity contribution in [2.24, 2.45) is 5.41 Å². The van der Waals surface area contributed by atoms with Gasteiger partial charge >= 0.3 is 5.63 Å². The number of nitrogens with zero attached hydrogens (tertiary/aromatic N) is 2. The summed E-state index contributed by atoms with van der Waals surface area (Å²) >= 11 is 0. The Morgan fingerprint density at radius 3 is 2.33 bits per heavy atom. The van der Waals surface area contributed by atoms with E-state index in [1.54, 1.807) is 32.0 Å². The monoisotopic (exact) mass is 570 g/mol. The number of aryl methyl sites for hydroxylation is 1. The molecule has 9 heteroatoms. The van der Waals surface area contributed by atoms with Crippen LogP contribution in [0.2, 0.25) is 0 Å². The van der Waals surface area contributed by atoms with Gasteiger partial charge in [-0.3, -0.25) is 9.59 Å². The standard InChI is InChI=1S/C33H38N4O5/c1-21-24(19-34-31(40)33(2,3)4)14-17-26-28(21)30(39)42-32(35-26)36-27(18-22-12-15-25(41-6)16-13-22)29(38)37(5)20-23-10-8-7-9-11-23/h7-17,27H,18-20H2,1-6H3,(H,34,40)(H,35,36)/t27-/m0/s1. The first-order valence-corrected chi connectivity index (χ1v) is 13.9. The van der Waals surface area contributed by atoms with Gasteiger partial charge in [-0.25, -0.2) is 4.79 Å². The number of benzene rings is 3. The van der Waals surface area contributed by atoms with E-state index in [9.17, 15) is 14.4 Å². The first-order chi connectivity index (χ1) is 20.0. The van der Waals surface area contributed by atoms with E-state index in [0.717, 1.165) is 16.7 Å². The van der Waals surface area contributed by atoms with Crippen molar-refractivity contribution in [3.8, 4) is 5.75 Å². The molecule has 0 aliphatic rings. The largest absolute Gasteiger partial charge is 0.497 e. The fraction of sp³-hybridized carbons (Fsp3) is 0.333. The maximum Gasteiger partial charge on any atom is 0.348 e. The summed E-state index contributed by atoms with van der Waals surface area (Å²) in [5.74, 6) is 0.447. The number of amides is 2. The van der Waals surface area contributed by atoms with E-state index in [1.165, 1.54) is 0 Å². The molecule has 0 spiro atoms. The second-order valence-electron chi connectivity index (χ2n) is 11.4. The Bertz CT molecular complexity index is 1610. The summed E-state index contributed by atoms with van der Waals surface area (Å²) in [5.41, 5.74) is 2.71. The van der Waals surface area contributed by atoms with Crippen LogP contribution in [0.4, 0.5) is 6.01 Å². The second-order valence-corrected chi connectivity index (χ2v) is 11.4. The number of nitrogens with one attached hydrogen (secondary N) is 2. The Morgan fingerprint density at radius 1 is 1.00 bits per heavy atom. The Morgan fingerprint density at radius 2 is 1.69 bits per heavy atom. The van der Waals surface area contributed by atoms with Gasteiger partial charge < -0.3 is 24.7 Å². The molecule has 0 bridgehead atoms. The molecule has 4 aromatic rings. The van der Waals surface area contributed by atoms with E-state index in [1.807, 2.05) is 81.4 Å². The molecule has 0 saturated heterocycles. The summed E-state index contributed by atoms with van der Waals surface area (Å²) in [6, 6.07) is 19.9. The summed E-state index contributed by atoms with van der Waals surface area (Å²) in [7, 11) is 3.34. The molecular weight excluding hydrogens is 532 g/mol. The molecule has 1 heterocycles. The SMILES string of the molecule is COc1ccc(C[C@H](Nc2nc3ccc(CNC(=O)C(C)(C)C)c(C)c3c(=O)o2)C(=O)N(C)Cc2ccccc2)cc1. The molecule has 0 fully saturated rings. The molecule has 0 aliphatic heterocycles. The fourth-order valence-electron chi connectivity index (χ4n) is 4.60. The number of hydrogen-bond donors (Lipinski definition) is 2. The Balaban J connectivity index is 1.61. The summed E-state index contributed by atoms with van der Waals surface area (Å²) in [4.78, 5) is 45.4. The van der Waals surface area contributed by atoms with Crippen LogP contribution in [-0.4, -0.2) is 41.9 Å². The van der Waals surface area contributed by atoms with Crippen molar-refractivity contribution >= 4 is 28.7 Å². The smallest absolute Gasteiger partial charge is 0.348 e. The Kier molecular flexibility index (Phi) is 9.30. The van der Waals surface area contributed by atoms with Crippen LogP contribution in [0.5, 0.6) is 5.75 Å². The second kappa shape index (κ2) is 12.9. The van der Waals surface area contributed by atoms with Gasteiger partial charge in [0.2, 0.25) is 11.8 Å². The Labute approximate surface area is 245 Å². The van der Waals surface area contributed by atoms with E-state index >= 15 is 0 Å². The molecule has 1 atom stereocenters. The quantitative estimate of drug-likeness (QED) is 0.280. The molecule has 0 saturated carbocycles. The van der Waals surface area contributed by atoms with E-state index in [-0.39, 0.29) is 24.4 Å². The molecule has 220 valence electrons. The summed E-state index contributed by atoms with van der Waals surface area (Å²) in [6.07, 6.45) is 0.330. The predicted molar refractivity (Wildman–Crippen MR) is 163 cm³/mol. The predicted octanol–water partition coefficient (Wildman–Crippen LogP) is 4.85. The molecule has 0 radical (unpaired) electrons.